The molecule has 3 heteroatoms. The summed E-state index contributed by atoms with van der Waals surface area (Å²) in [4.78, 5) is 0. The van der Waals surface area contributed by atoms with Gasteiger partial charge in [0.25, 0.3) is 0 Å². The van der Waals surface area contributed by atoms with Crippen LogP contribution in [0.15, 0.2) is 36.0 Å². The van der Waals surface area contributed by atoms with E-state index >= 15 is 0 Å². The van der Waals surface area contributed by atoms with Crippen molar-refractivity contribution in [3.8, 4) is 0 Å². The van der Waals surface area contributed by atoms with Crippen LogP contribution in [0, 0.1) is 0 Å². The Bertz CT molecular complexity index is 244. The van der Waals surface area contributed by atoms with E-state index in [0.717, 1.165) is 5.56 Å². The molecule has 0 aliphatic rings. The molecule has 1 rings (SSSR count). The minimum atomic E-state index is -2.11. The summed E-state index contributed by atoms with van der Waals surface area (Å²) < 4.78 is 23.5. The zero-order valence-corrected chi connectivity index (χ0v) is 8.00. The maximum Gasteiger partial charge on any atom is 0.218 e. The first kappa shape index (κ1) is 9.13. The summed E-state index contributed by atoms with van der Waals surface area (Å²) in [6.45, 7) is 0. The molecule has 0 spiro atoms. The Hall–Kier alpha value is -0.963. The van der Waals surface area contributed by atoms with Crippen LogP contribution in [0.4, 0.5) is 8.78 Å². The van der Waals surface area contributed by atoms with E-state index in [9.17, 15) is 8.78 Å². The Morgan fingerprint density at radius 1 is 1.17 bits per heavy atom. The first-order chi connectivity index (χ1) is 5.79. The van der Waals surface area contributed by atoms with E-state index in [1.165, 1.54) is 0 Å². The molecule has 0 unspecified atom stereocenters. The van der Waals surface area contributed by atoms with Crippen molar-refractivity contribution < 1.29 is 8.78 Å². The Kier molecular flexibility index (Phi) is 3.67. The van der Waals surface area contributed by atoms with Crippen molar-refractivity contribution in [1.29, 1.82) is 0 Å². The van der Waals surface area contributed by atoms with Crippen molar-refractivity contribution in [1.82, 2.24) is 0 Å². The van der Waals surface area contributed by atoms with Gasteiger partial charge in [0.1, 0.15) is 9.52 Å². The molecule has 0 saturated carbocycles. The monoisotopic (exact) mass is 184 g/mol. The normalized spacial score (nSPS) is 12.2. The summed E-state index contributed by atoms with van der Waals surface area (Å²) >= 11 is 0. The Balaban J connectivity index is 2.47. The van der Waals surface area contributed by atoms with Crippen LogP contribution in [0.25, 0.3) is 6.08 Å². The molecule has 12 heavy (non-hydrogen) atoms. The van der Waals surface area contributed by atoms with Crippen molar-refractivity contribution in [2.24, 2.45) is 0 Å². The zero-order valence-electron chi connectivity index (χ0n) is 6.58. The molecular weight excluding hydrogens is 174 g/mol. The molecule has 0 saturated heterocycles. The number of alkyl halides is 2. The molecular formula is C9H10F2Si. The maximum atomic E-state index is 11.7. The van der Waals surface area contributed by atoms with Crippen molar-refractivity contribution in [3.63, 3.8) is 0 Å². The highest BCUT2D eigenvalue weighted by Crippen LogP contribution is 2.00. The van der Waals surface area contributed by atoms with Crippen LogP contribution >= 0.6 is 0 Å². The standard InChI is InChI=1S/C9H10F2Si/c10-9(11)12-7-6-8-4-2-1-3-5-8/h1-7,9H,12H2. The van der Waals surface area contributed by atoms with Crippen LogP contribution in [-0.4, -0.2) is 15.6 Å². The third-order valence-corrected chi connectivity index (χ3v) is 2.29. The van der Waals surface area contributed by atoms with Gasteiger partial charge in [0.2, 0.25) is 6.05 Å². The maximum absolute atomic E-state index is 11.7. The van der Waals surface area contributed by atoms with E-state index in [-0.39, 0.29) is 0 Å². The molecule has 0 aliphatic carbocycles. The van der Waals surface area contributed by atoms with Gasteiger partial charge in [-0.15, -0.1) is 0 Å². The topological polar surface area (TPSA) is 0 Å². The highest BCUT2D eigenvalue weighted by atomic mass is 28.2. The van der Waals surface area contributed by atoms with Gasteiger partial charge in [-0.05, 0) is 5.56 Å². The van der Waals surface area contributed by atoms with Gasteiger partial charge in [0.15, 0.2) is 0 Å². The van der Waals surface area contributed by atoms with Crippen LogP contribution in [0.5, 0.6) is 0 Å². The molecule has 0 aromatic heterocycles. The minimum absolute atomic E-state index is 0.991. The summed E-state index contributed by atoms with van der Waals surface area (Å²) in [6.07, 6.45) is 1.76. The minimum Gasteiger partial charge on any atom is -0.216 e. The fraction of sp³-hybridized carbons (Fsp3) is 0.111. The molecule has 0 heterocycles. The largest absolute Gasteiger partial charge is 0.218 e. The third-order valence-electron chi connectivity index (χ3n) is 1.42. The quantitative estimate of drug-likeness (QED) is 0.631. The molecule has 0 fully saturated rings. The second-order valence-corrected chi connectivity index (χ2v) is 4.00. The summed E-state index contributed by atoms with van der Waals surface area (Å²) in [5.41, 5.74) is 2.62. The van der Waals surface area contributed by atoms with E-state index in [2.05, 4.69) is 0 Å². The SMILES string of the molecule is FC(F)[SiH2]C=Cc1ccccc1. The van der Waals surface area contributed by atoms with Crippen molar-refractivity contribution in [2.75, 3.05) is 0 Å². The van der Waals surface area contributed by atoms with Crippen LogP contribution in [0.1, 0.15) is 5.56 Å². The van der Waals surface area contributed by atoms with E-state index in [4.69, 9.17) is 0 Å². The molecule has 0 amide bonds. The lowest BCUT2D eigenvalue weighted by atomic mass is 10.2. The molecule has 0 radical (unpaired) electrons. The second-order valence-electron chi connectivity index (χ2n) is 2.44. The van der Waals surface area contributed by atoms with E-state index in [1.54, 1.807) is 11.8 Å². The summed E-state index contributed by atoms with van der Waals surface area (Å²) in [7, 11) is -1.31. The van der Waals surface area contributed by atoms with Crippen LogP contribution < -0.4 is 0 Å². The third kappa shape index (κ3) is 3.43. The summed E-state index contributed by atoms with van der Waals surface area (Å²) in [6, 6.07) is 7.38. The Labute approximate surface area is 72.7 Å². The fourth-order valence-electron chi connectivity index (χ4n) is 0.871. The van der Waals surface area contributed by atoms with E-state index < -0.39 is 15.6 Å². The second kappa shape index (κ2) is 4.82. The Morgan fingerprint density at radius 2 is 1.83 bits per heavy atom. The first-order valence-corrected chi connectivity index (χ1v) is 5.42. The molecule has 0 N–H and O–H groups in total. The molecule has 0 bridgehead atoms. The lowest BCUT2D eigenvalue weighted by molar-refractivity contribution is 0.239. The number of rotatable bonds is 3. The molecule has 0 atom stereocenters. The molecule has 1 aromatic carbocycles. The molecule has 0 aliphatic heterocycles. The van der Waals surface area contributed by atoms with E-state index in [0.29, 0.717) is 0 Å². The predicted molar refractivity (Wildman–Crippen MR) is 50.0 cm³/mol. The number of hydrogen-bond donors (Lipinski definition) is 0. The van der Waals surface area contributed by atoms with Gasteiger partial charge in [-0.2, -0.15) is 0 Å². The number of hydrogen-bond acceptors (Lipinski definition) is 0. The number of halogens is 2. The summed E-state index contributed by atoms with van der Waals surface area (Å²) in [5.74, 6) is 0. The molecule has 64 valence electrons. The number of benzene rings is 1. The van der Waals surface area contributed by atoms with Crippen molar-refractivity contribution in [2.45, 2.75) is 6.05 Å². The van der Waals surface area contributed by atoms with Gasteiger partial charge in [-0.25, -0.2) is 8.78 Å². The van der Waals surface area contributed by atoms with Gasteiger partial charge in [0.05, 0.1) is 0 Å². The highest BCUT2D eigenvalue weighted by Gasteiger charge is 1.97. The molecule has 1 aromatic rings. The fourth-order valence-corrected chi connectivity index (χ4v) is 1.49. The smallest absolute Gasteiger partial charge is 0.216 e. The van der Waals surface area contributed by atoms with Gasteiger partial charge in [-0.3, -0.25) is 0 Å². The lowest BCUT2D eigenvalue weighted by Gasteiger charge is -1.91. The zero-order chi connectivity index (χ0) is 8.81. The van der Waals surface area contributed by atoms with Gasteiger partial charge in [-0.1, -0.05) is 42.1 Å². The van der Waals surface area contributed by atoms with Crippen molar-refractivity contribution in [3.05, 3.63) is 41.6 Å². The van der Waals surface area contributed by atoms with Crippen LogP contribution in [0.3, 0.4) is 0 Å². The predicted octanol–water partition coefficient (Wildman–Crippen LogP) is 2.05. The van der Waals surface area contributed by atoms with Crippen LogP contribution in [0.2, 0.25) is 0 Å². The Morgan fingerprint density at radius 3 is 2.42 bits per heavy atom. The van der Waals surface area contributed by atoms with Gasteiger partial charge >= 0.3 is 0 Å². The van der Waals surface area contributed by atoms with Gasteiger partial charge in [0, 0.05) is 0 Å². The summed E-state index contributed by atoms with van der Waals surface area (Å²) in [5, 5.41) is 0. The lowest BCUT2D eigenvalue weighted by Crippen LogP contribution is -1.99. The van der Waals surface area contributed by atoms with Crippen LogP contribution in [-0.2, 0) is 0 Å². The average molecular weight is 184 g/mol. The molecule has 0 nitrogen and oxygen atoms in total. The van der Waals surface area contributed by atoms with E-state index in [1.807, 2.05) is 30.3 Å². The highest BCUT2D eigenvalue weighted by molar-refractivity contribution is 6.44. The first-order valence-electron chi connectivity index (χ1n) is 3.79. The average Bonchev–Trinajstić information content (AvgIpc) is 2.05. The van der Waals surface area contributed by atoms with Gasteiger partial charge < -0.3 is 0 Å². The van der Waals surface area contributed by atoms with Crippen molar-refractivity contribution >= 4 is 15.6 Å².